The Hall–Kier alpha value is -1.36. The average molecular weight is 315 g/mol. The maximum atomic E-state index is 10.5. The molecule has 0 amide bonds. The van der Waals surface area contributed by atoms with Gasteiger partial charge >= 0.3 is 0 Å². The SMILES string of the molecule is Cc1ccc2[nH]c3c(c2c1)CC(NCC(C)(O)CN(C)C)CC3. The molecule has 0 spiro atoms. The summed E-state index contributed by atoms with van der Waals surface area (Å²) in [5.74, 6) is 0. The number of fused-ring (bicyclic) bond motifs is 3. The zero-order valence-corrected chi connectivity index (χ0v) is 14.7. The van der Waals surface area contributed by atoms with Gasteiger partial charge in [0.1, 0.15) is 0 Å². The Balaban J connectivity index is 1.70. The van der Waals surface area contributed by atoms with Gasteiger partial charge < -0.3 is 20.3 Å². The standard InChI is InChI=1S/C19H29N3O/c1-13-5-7-17-15(9-13)16-10-14(6-8-18(16)21-17)20-11-19(2,23)12-22(3)4/h5,7,9,14,20-21,23H,6,8,10-12H2,1-4H3. The van der Waals surface area contributed by atoms with E-state index in [-0.39, 0.29) is 0 Å². The molecule has 0 saturated carbocycles. The Morgan fingerprint density at radius 2 is 2.17 bits per heavy atom. The van der Waals surface area contributed by atoms with E-state index < -0.39 is 5.60 Å². The van der Waals surface area contributed by atoms with Crippen LogP contribution in [0.4, 0.5) is 0 Å². The van der Waals surface area contributed by atoms with Gasteiger partial charge in [-0.25, -0.2) is 0 Å². The van der Waals surface area contributed by atoms with Crippen molar-refractivity contribution in [1.29, 1.82) is 0 Å². The Morgan fingerprint density at radius 1 is 1.39 bits per heavy atom. The molecular weight excluding hydrogens is 286 g/mol. The highest BCUT2D eigenvalue weighted by Gasteiger charge is 2.26. The molecule has 4 nitrogen and oxygen atoms in total. The van der Waals surface area contributed by atoms with Gasteiger partial charge in [0, 0.05) is 35.7 Å². The lowest BCUT2D eigenvalue weighted by Gasteiger charge is -2.31. The van der Waals surface area contributed by atoms with Gasteiger partial charge in [0.15, 0.2) is 0 Å². The van der Waals surface area contributed by atoms with Gasteiger partial charge in [0.05, 0.1) is 5.60 Å². The van der Waals surface area contributed by atoms with Gasteiger partial charge in [-0.3, -0.25) is 0 Å². The van der Waals surface area contributed by atoms with E-state index in [9.17, 15) is 5.11 Å². The van der Waals surface area contributed by atoms with Crippen molar-refractivity contribution in [1.82, 2.24) is 15.2 Å². The number of H-pyrrole nitrogens is 1. The van der Waals surface area contributed by atoms with Crippen molar-refractivity contribution in [2.75, 3.05) is 27.2 Å². The summed E-state index contributed by atoms with van der Waals surface area (Å²) in [7, 11) is 3.99. The third kappa shape index (κ3) is 3.77. The van der Waals surface area contributed by atoms with Crippen LogP contribution in [0.1, 0.15) is 30.2 Å². The number of hydrogen-bond donors (Lipinski definition) is 3. The summed E-state index contributed by atoms with van der Waals surface area (Å²) in [6, 6.07) is 7.08. The Labute approximate surface area is 138 Å². The summed E-state index contributed by atoms with van der Waals surface area (Å²) in [4.78, 5) is 5.61. The summed E-state index contributed by atoms with van der Waals surface area (Å²) in [6.45, 7) is 5.36. The van der Waals surface area contributed by atoms with Crippen LogP contribution in [0.25, 0.3) is 10.9 Å². The maximum Gasteiger partial charge on any atom is 0.0869 e. The highest BCUT2D eigenvalue weighted by molar-refractivity contribution is 5.85. The first-order chi connectivity index (χ1) is 10.8. The molecule has 4 heteroatoms. The van der Waals surface area contributed by atoms with E-state index in [1.807, 2.05) is 25.9 Å². The Morgan fingerprint density at radius 3 is 2.91 bits per heavy atom. The Kier molecular flexibility index (Phi) is 4.50. The van der Waals surface area contributed by atoms with Crippen LogP contribution in [0.3, 0.4) is 0 Å². The molecular formula is C19H29N3O. The zero-order valence-electron chi connectivity index (χ0n) is 14.7. The summed E-state index contributed by atoms with van der Waals surface area (Å²) in [5, 5.41) is 15.4. The smallest absolute Gasteiger partial charge is 0.0869 e. The normalized spacial score (nSPS) is 20.7. The average Bonchev–Trinajstić information content (AvgIpc) is 2.81. The second kappa shape index (κ2) is 6.27. The summed E-state index contributed by atoms with van der Waals surface area (Å²) in [5.41, 5.74) is 4.72. The molecule has 126 valence electrons. The van der Waals surface area contributed by atoms with Crippen molar-refractivity contribution in [3.05, 3.63) is 35.0 Å². The van der Waals surface area contributed by atoms with E-state index in [1.165, 1.54) is 27.7 Å². The molecule has 2 aromatic rings. The molecule has 1 heterocycles. The number of likely N-dealkylation sites (N-methyl/N-ethyl adjacent to an activating group) is 1. The fourth-order valence-electron chi connectivity index (χ4n) is 3.81. The van der Waals surface area contributed by atoms with Crippen molar-refractivity contribution in [3.63, 3.8) is 0 Å². The molecule has 0 saturated heterocycles. The predicted molar refractivity (Wildman–Crippen MR) is 96.0 cm³/mol. The van der Waals surface area contributed by atoms with Crippen LogP contribution >= 0.6 is 0 Å². The number of nitrogens with zero attached hydrogens (tertiary/aromatic N) is 1. The summed E-state index contributed by atoms with van der Waals surface area (Å²) in [6.07, 6.45) is 3.24. The predicted octanol–water partition coefficient (Wildman–Crippen LogP) is 2.24. The molecule has 1 aromatic carbocycles. The van der Waals surface area contributed by atoms with E-state index in [4.69, 9.17) is 0 Å². The summed E-state index contributed by atoms with van der Waals surface area (Å²) < 4.78 is 0. The van der Waals surface area contributed by atoms with Crippen molar-refractivity contribution < 1.29 is 5.11 Å². The molecule has 2 atom stereocenters. The molecule has 0 radical (unpaired) electrons. The van der Waals surface area contributed by atoms with Crippen molar-refractivity contribution in [2.24, 2.45) is 0 Å². The highest BCUT2D eigenvalue weighted by Crippen LogP contribution is 2.30. The van der Waals surface area contributed by atoms with Crippen LogP contribution in [0.2, 0.25) is 0 Å². The minimum absolute atomic E-state index is 0.440. The molecule has 3 N–H and O–H groups in total. The topological polar surface area (TPSA) is 51.3 Å². The second-order valence-electron chi connectivity index (χ2n) is 7.69. The number of aromatic nitrogens is 1. The third-order valence-corrected chi connectivity index (χ3v) is 4.77. The van der Waals surface area contributed by atoms with Gasteiger partial charge in [-0.15, -0.1) is 0 Å². The van der Waals surface area contributed by atoms with Crippen LogP contribution in [0.15, 0.2) is 18.2 Å². The number of hydrogen-bond acceptors (Lipinski definition) is 3. The van der Waals surface area contributed by atoms with Crippen molar-refractivity contribution in [2.45, 2.75) is 44.8 Å². The first-order valence-corrected chi connectivity index (χ1v) is 8.55. The molecule has 0 bridgehead atoms. The van der Waals surface area contributed by atoms with Crippen molar-refractivity contribution in [3.8, 4) is 0 Å². The highest BCUT2D eigenvalue weighted by atomic mass is 16.3. The zero-order chi connectivity index (χ0) is 16.6. The van der Waals surface area contributed by atoms with E-state index in [0.29, 0.717) is 19.1 Å². The lowest BCUT2D eigenvalue weighted by Crippen LogP contribution is -2.49. The number of benzene rings is 1. The van der Waals surface area contributed by atoms with E-state index >= 15 is 0 Å². The van der Waals surface area contributed by atoms with E-state index in [1.54, 1.807) is 0 Å². The number of aliphatic hydroxyl groups is 1. The Bertz CT molecular complexity index is 687. The molecule has 2 unspecified atom stereocenters. The molecule has 0 fully saturated rings. The van der Waals surface area contributed by atoms with Gasteiger partial charge in [0.25, 0.3) is 0 Å². The quantitative estimate of drug-likeness (QED) is 0.793. The molecule has 3 rings (SSSR count). The fraction of sp³-hybridized carbons (Fsp3) is 0.579. The molecule has 23 heavy (non-hydrogen) atoms. The van der Waals surface area contributed by atoms with E-state index in [0.717, 1.165) is 19.3 Å². The van der Waals surface area contributed by atoms with Crippen molar-refractivity contribution >= 4 is 10.9 Å². The second-order valence-corrected chi connectivity index (χ2v) is 7.69. The molecule has 0 aliphatic heterocycles. The van der Waals surface area contributed by atoms with E-state index in [2.05, 4.69) is 35.4 Å². The molecule has 1 aliphatic carbocycles. The van der Waals surface area contributed by atoms with Crippen LogP contribution in [-0.4, -0.2) is 53.8 Å². The first-order valence-electron chi connectivity index (χ1n) is 8.55. The monoisotopic (exact) mass is 315 g/mol. The fourth-order valence-corrected chi connectivity index (χ4v) is 3.81. The van der Waals surface area contributed by atoms with Crippen LogP contribution in [0, 0.1) is 6.92 Å². The summed E-state index contributed by atoms with van der Waals surface area (Å²) >= 11 is 0. The van der Waals surface area contributed by atoms with Gasteiger partial charge in [-0.05, 0) is 64.9 Å². The number of nitrogens with one attached hydrogen (secondary N) is 2. The lowest BCUT2D eigenvalue weighted by atomic mass is 9.90. The number of aryl methyl sites for hydroxylation is 2. The number of rotatable bonds is 5. The third-order valence-electron chi connectivity index (χ3n) is 4.77. The van der Waals surface area contributed by atoms with Crippen LogP contribution in [-0.2, 0) is 12.8 Å². The number of aromatic amines is 1. The van der Waals surface area contributed by atoms with Gasteiger partial charge in [0.2, 0.25) is 0 Å². The van der Waals surface area contributed by atoms with Gasteiger partial charge in [-0.1, -0.05) is 11.6 Å². The van der Waals surface area contributed by atoms with Gasteiger partial charge in [-0.2, -0.15) is 0 Å². The molecule has 1 aromatic heterocycles. The lowest BCUT2D eigenvalue weighted by molar-refractivity contribution is 0.0309. The minimum Gasteiger partial charge on any atom is -0.388 e. The maximum absolute atomic E-state index is 10.5. The minimum atomic E-state index is -0.694. The molecule has 1 aliphatic rings. The van der Waals surface area contributed by atoms with Crippen LogP contribution in [0.5, 0.6) is 0 Å². The largest absolute Gasteiger partial charge is 0.388 e. The van der Waals surface area contributed by atoms with Crippen LogP contribution < -0.4 is 5.32 Å². The first kappa shape index (κ1) is 16.5.